The van der Waals surface area contributed by atoms with Crippen LogP contribution >= 0.6 is 0 Å². The molecule has 0 aliphatic heterocycles. The summed E-state index contributed by atoms with van der Waals surface area (Å²) < 4.78 is 4.47. The molecule has 6 heteroatoms. The van der Waals surface area contributed by atoms with Gasteiger partial charge >= 0.3 is 5.97 Å². The molecule has 0 amide bonds. The first kappa shape index (κ1) is 9.67. The predicted molar refractivity (Wildman–Crippen MR) is 34.2 cm³/mol. The van der Waals surface area contributed by atoms with E-state index in [4.69, 9.17) is 0 Å². The molecule has 6 nitrogen and oxygen atoms in total. The minimum Gasteiger partial charge on any atom is -0.464 e. The van der Waals surface area contributed by atoms with Crippen LogP contribution in [0.25, 0.3) is 0 Å². The molecule has 0 saturated carbocycles. The molecule has 0 spiro atoms. The van der Waals surface area contributed by atoms with Gasteiger partial charge < -0.3 is 9.57 Å². The number of hydrogen-bond acceptors (Lipinski definition) is 5. The normalized spacial score (nSPS) is 8.82. The van der Waals surface area contributed by atoms with Crippen molar-refractivity contribution in [3.05, 3.63) is 10.1 Å². The van der Waals surface area contributed by atoms with Crippen LogP contribution in [0.1, 0.15) is 13.3 Å². The molecule has 0 bridgehead atoms. The molecule has 0 heterocycles. The van der Waals surface area contributed by atoms with Gasteiger partial charge in [0.05, 0.1) is 6.61 Å². The van der Waals surface area contributed by atoms with E-state index in [1.807, 2.05) is 6.92 Å². The molecule has 0 unspecified atom stereocenters. The van der Waals surface area contributed by atoms with E-state index in [-0.39, 0.29) is 6.61 Å². The minimum absolute atomic E-state index is 0.264. The van der Waals surface area contributed by atoms with E-state index < -0.39 is 17.7 Å². The summed E-state index contributed by atoms with van der Waals surface area (Å²) >= 11 is 0. The van der Waals surface area contributed by atoms with E-state index in [2.05, 4.69) is 9.57 Å². The lowest BCUT2D eigenvalue weighted by atomic mass is 10.5. The predicted octanol–water partition coefficient (Wildman–Crippen LogP) is 0.148. The molecule has 0 N–H and O–H groups in total. The molecule has 0 fully saturated rings. The summed E-state index contributed by atoms with van der Waals surface area (Å²) in [6, 6.07) is 0. The number of carbonyl (C=O) groups is 1. The number of nitrogens with zero attached hydrogens (tertiary/aromatic N) is 1. The summed E-state index contributed by atoms with van der Waals surface area (Å²) in [5.74, 6) is -0.719. The molecule has 0 atom stereocenters. The van der Waals surface area contributed by atoms with Crippen LogP contribution in [-0.2, 0) is 14.4 Å². The van der Waals surface area contributed by atoms with E-state index in [0.29, 0.717) is 6.42 Å². The Morgan fingerprint density at radius 3 is 2.73 bits per heavy atom. The fourth-order valence-electron chi connectivity index (χ4n) is 0.363. The highest BCUT2D eigenvalue weighted by Gasteiger charge is 2.04. The number of hydrogen-bond donors (Lipinski definition) is 0. The van der Waals surface area contributed by atoms with Gasteiger partial charge in [-0.3, -0.25) is 0 Å². The monoisotopic (exact) mass is 163 g/mol. The van der Waals surface area contributed by atoms with Gasteiger partial charge in [-0.05, 0) is 6.42 Å². The first-order chi connectivity index (χ1) is 5.16. The van der Waals surface area contributed by atoms with Crippen LogP contribution in [0.4, 0.5) is 0 Å². The van der Waals surface area contributed by atoms with Crippen molar-refractivity contribution < 1.29 is 19.5 Å². The summed E-state index contributed by atoms with van der Waals surface area (Å²) in [6.07, 6.45) is 0.685. The van der Waals surface area contributed by atoms with Crippen LogP contribution in [0.15, 0.2) is 0 Å². The molecular formula is C5H9NO5. The van der Waals surface area contributed by atoms with E-state index >= 15 is 0 Å². The van der Waals surface area contributed by atoms with Crippen LogP contribution < -0.4 is 0 Å². The zero-order valence-electron chi connectivity index (χ0n) is 6.11. The standard InChI is InChI=1S/C5H9NO5/c1-2-3-10-5(7)4-11-6(8)9/h2-4H2,1H3. The highest BCUT2D eigenvalue weighted by molar-refractivity contribution is 5.70. The van der Waals surface area contributed by atoms with Gasteiger partial charge in [0.15, 0.2) is 6.61 Å². The number of esters is 1. The Bertz CT molecular complexity index is 146. The number of ether oxygens (including phenoxy) is 1. The number of carbonyl (C=O) groups excluding carboxylic acids is 1. The minimum atomic E-state index is -1.03. The third-order valence-electron chi connectivity index (χ3n) is 0.755. The highest BCUT2D eigenvalue weighted by atomic mass is 17.0. The first-order valence-corrected chi connectivity index (χ1v) is 3.09. The summed E-state index contributed by atoms with van der Waals surface area (Å²) in [4.78, 5) is 23.8. The lowest BCUT2D eigenvalue weighted by molar-refractivity contribution is -0.754. The largest absolute Gasteiger partial charge is 0.464 e. The summed E-state index contributed by atoms with van der Waals surface area (Å²) in [5.41, 5.74) is 0. The van der Waals surface area contributed by atoms with Gasteiger partial charge in [-0.2, -0.15) is 0 Å². The highest BCUT2D eigenvalue weighted by Crippen LogP contribution is 1.84. The fraction of sp³-hybridized carbons (Fsp3) is 0.800. The van der Waals surface area contributed by atoms with Crippen LogP contribution in [0, 0.1) is 10.1 Å². The van der Waals surface area contributed by atoms with Crippen molar-refractivity contribution in [2.75, 3.05) is 13.2 Å². The maximum atomic E-state index is 10.5. The Morgan fingerprint density at radius 2 is 2.27 bits per heavy atom. The molecule has 0 rings (SSSR count). The first-order valence-electron chi connectivity index (χ1n) is 3.09. The zero-order valence-corrected chi connectivity index (χ0v) is 6.11. The van der Waals surface area contributed by atoms with Gasteiger partial charge in [0.1, 0.15) is 0 Å². The molecule has 11 heavy (non-hydrogen) atoms. The van der Waals surface area contributed by atoms with Crippen LogP contribution in [0.3, 0.4) is 0 Å². The van der Waals surface area contributed by atoms with Crippen molar-refractivity contribution in [1.29, 1.82) is 0 Å². The average molecular weight is 163 g/mol. The average Bonchev–Trinajstić information content (AvgIpc) is 1.97. The van der Waals surface area contributed by atoms with Gasteiger partial charge in [-0.25, -0.2) is 4.79 Å². The van der Waals surface area contributed by atoms with E-state index in [9.17, 15) is 14.9 Å². The molecule has 0 saturated heterocycles. The summed E-state index contributed by atoms with van der Waals surface area (Å²) in [7, 11) is 0. The third kappa shape index (κ3) is 6.56. The second kappa shape index (κ2) is 5.45. The molecule has 0 aromatic rings. The maximum absolute atomic E-state index is 10.5. The second-order valence-corrected chi connectivity index (χ2v) is 1.72. The van der Waals surface area contributed by atoms with E-state index in [1.54, 1.807) is 0 Å². The van der Waals surface area contributed by atoms with Crippen LogP contribution in [0.5, 0.6) is 0 Å². The van der Waals surface area contributed by atoms with Crippen LogP contribution in [-0.4, -0.2) is 24.3 Å². The van der Waals surface area contributed by atoms with Gasteiger partial charge in [-0.15, -0.1) is 10.1 Å². The zero-order chi connectivity index (χ0) is 8.69. The lowest BCUT2D eigenvalue weighted by Crippen LogP contribution is -2.15. The smallest absolute Gasteiger partial charge is 0.332 e. The lowest BCUT2D eigenvalue weighted by Gasteiger charge is -2.00. The second-order valence-electron chi connectivity index (χ2n) is 1.72. The van der Waals surface area contributed by atoms with Gasteiger partial charge in [-0.1, -0.05) is 6.92 Å². The Labute approximate surface area is 63.2 Å². The molecule has 0 aliphatic carbocycles. The summed E-state index contributed by atoms with van der Waals surface area (Å²) in [6.45, 7) is 1.45. The van der Waals surface area contributed by atoms with Gasteiger partial charge in [0, 0.05) is 0 Å². The Kier molecular flexibility index (Phi) is 4.80. The molecule has 0 aliphatic rings. The van der Waals surface area contributed by atoms with Gasteiger partial charge in [0.2, 0.25) is 0 Å². The topological polar surface area (TPSA) is 78.7 Å². The Hall–Kier alpha value is -1.33. The maximum Gasteiger partial charge on any atom is 0.332 e. The van der Waals surface area contributed by atoms with Crippen molar-refractivity contribution in [1.82, 2.24) is 0 Å². The molecule has 0 radical (unpaired) electrons. The van der Waals surface area contributed by atoms with Crippen LogP contribution in [0.2, 0.25) is 0 Å². The van der Waals surface area contributed by atoms with E-state index in [0.717, 1.165) is 0 Å². The summed E-state index contributed by atoms with van der Waals surface area (Å²) in [5, 5.41) is 8.52. The fourth-order valence-corrected chi connectivity index (χ4v) is 0.363. The quantitative estimate of drug-likeness (QED) is 0.327. The number of rotatable bonds is 5. The van der Waals surface area contributed by atoms with E-state index in [1.165, 1.54) is 0 Å². The molecule has 0 aromatic carbocycles. The van der Waals surface area contributed by atoms with Crippen molar-refractivity contribution in [2.24, 2.45) is 0 Å². The molecule has 64 valence electrons. The Morgan fingerprint density at radius 1 is 1.64 bits per heavy atom. The SMILES string of the molecule is CCCOC(=O)CO[N+](=O)[O-]. The molecular weight excluding hydrogens is 154 g/mol. The van der Waals surface area contributed by atoms with Crippen molar-refractivity contribution in [3.63, 3.8) is 0 Å². The Balaban J connectivity index is 3.30. The molecule has 0 aromatic heterocycles. The van der Waals surface area contributed by atoms with Crippen molar-refractivity contribution >= 4 is 5.97 Å². The van der Waals surface area contributed by atoms with Gasteiger partial charge in [0.25, 0.3) is 5.09 Å². The van der Waals surface area contributed by atoms with Crippen molar-refractivity contribution in [3.8, 4) is 0 Å². The van der Waals surface area contributed by atoms with Crippen molar-refractivity contribution in [2.45, 2.75) is 13.3 Å². The third-order valence-corrected chi connectivity index (χ3v) is 0.755.